The van der Waals surface area contributed by atoms with Crippen LogP contribution in [0.4, 0.5) is 13.2 Å². The van der Waals surface area contributed by atoms with Gasteiger partial charge in [0.2, 0.25) is 10.3 Å². The van der Waals surface area contributed by atoms with Crippen LogP contribution in [0.1, 0.15) is 59.8 Å². The normalized spacial score (nSPS) is 51.8. The molecule has 4 saturated heterocycles. The Balaban J connectivity index is 2.03. The smallest absolute Gasteiger partial charge is 0.322 e. The fraction of sp³-hybridized carbons (Fsp3) is 1.00. The highest BCUT2D eigenvalue weighted by Crippen LogP contribution is 2.58. The molecule has 0 unspecified atom stereocenters. The maximum absolute atomic E-state index is 13.8. The Bertz CT molecular complexity index is 519. The molecular formula is C17H26BrF3O4. The molecule has 4 aliphatic heterocycles. The molecule has 4 heterocycles. The van der Waals surface area contributed by atoms with Crippen LogP contribution in [0.5, 0.6) is 0 Å². The molecule has 25 heavy (non-hydrogen) atoms. The molecule has 0 N–H and O–H groups in total. The molecule has 7 atom stereocenters. The monoisotopic (exact) mass is 430 g/mol. The van der Waals surface area contributed by atoms with Crippen LogP contribution in [-0.2, 0) is 19.2 Å². The largest absolute Gasteiger partial charge is 0.427 e. The quantitative estimate of drug-likeness (QED) is 0.385. The number of rotatable bonds is 0. The fourth-order valence-corrected chi connectivity index (χ4v) is 4.81. The molecule has 0 aliphatic carbocycles. The van der Waals surface area contributed by atoms with Crippen LogP contribution in [0.15, 0.2) is 0 Å². The third kappa shape index (κ3) is 3.26. The SMILES string of the molecule is C[C@H]1CCC[C@]2(C)OO[C@@]3(C)[C@@H](O2)O[C@@](Br)(C(F)(F)F)[C@H](C)[C@@H]3CC1. The summed E-state index contributed by atoms with van der Waals surface area (Å²) >= 11 is 2.87. The summed E-state index contributed by atoms with van der Waals surface area (Å²) in [6.07, 6.45) is -1.95. The highest BCUT2D eigenvalue weighted by Gasteiger charge is 2.70. The molecule has 0 aromatic carbocycles. The van der Waals surface area contributed by atoms with E-state index < -0.39 is 40.2 Å². The maximum atomic E-state index is 13.8. The molecule has 146 valence electrons. The van der Waals surface area contributed by atoms with E-state index in [-0.39, 0.29) is 0 Å². The van der Waals surface area contributed by atoms with E-state index in [0.717, 1.165) is 19.3 Å². The Hall–Kier alpha value is 0.110. The van der Waals surface area contributed by atoms with Crippen LogP contribution in [-0.4, -0.2) is 28.4 Å². The minimum absolute atomic E-state index is 0.425. The van der Waals surface area contributed by atoms with E-state index in [1.807, 2.05) is 0 Å². The number of fused-ring (bicyclic) bond motifs is 6. The van der Waals surface area contributed by atoms with Crippen LogP contribution in [0, 0.1) is 17.8 Å². The van der Waals surface area contributed by atoms with Gasteiger partial charge in [-0.3, -0.25) is 0 Å². The lowest BCUT2D eigenvalue weighted by molar-refractivity contribution is -0.573. The molecule has 4 nitrogen and oxygen atoms in total. The first-order chi connectivity index (χ1) is 11.4. The van der Waals surface area contributed by atoms with Crippen molar-refractivity contribution in [2.45, 2.75) is 88.2 Å². The minimum atomic E-state index is -4.57. The predicted molar refractivity (Wildman–Crippen MR) is 87.6 cm³/mol. The third-order valence-electron chi connectivity index (χ3n) is 6.11. The van der Waals surface area contributed by atoms with Crippen LogP contribution in [0.3, 0.4) is 0 Å². The van der Waals surface area contributed by atoms with E-state index in [1.54, 1.807) is 20.8 Å². The van der Waals surface area contributed by atoms with E-state index >= 15 is 0 Å². The van der Waals surface area contributed by atoms with Crippen molar-refractivity contribution in [3.05, 3.63) is 0 Å². The maximum Gasteiger partial charge on any atom is 0.427 e. The topological polar surface area (TPSA) is 36.9 Å². The second-order valence-corrected chi connectivity index (χ2v) is 9.34. The zero-order valence-electron chi connectivity index (χ0n) is 15.0. The number of hydrogen-bond acceptors (Lipinski definition) is 4. The van der Waals surface area contributed by atoms with Crippen molar-refractivity contribution in [2.24, 2.45) is 17.8 Å². The number of alkyl halides is 4. The van der Waals surface area contributed by atoms with Gasteiger partial charge in [-0.05, 0) is 48.5 Å². The van der Waals surface area contributed by atoms with Gasteiger partial charge in [0.25, 0.3) is 0 Å². The molecule has 4 bridgehead atoms. The number of hydrogen-bond donors (Lipinski definition) is 0. The van der Waals surface area contributed by atoms with E-state index in [1.165, 1.54) is 0 Å². The molecule has 4 aliphatic rings. The summed E-state index contributed by atoms with van der Waals surface area (Å²) in [5.74, 6) is -1.98. The summed E-state index contributed by atoms with van der Waals surface area (Å²) in [6.45, 7) is 7.11. The van der Waals surface area contributed by atoms with Gasteiger partial charge in [-0.2, -0.15) is 13.2 Å². The van der Waals surface area contributed by atoms with Crippen molar-refractivity contribution in [3.8, 4) is 0 Å². The molecule has 0 aromatic rings. The first kappa shape index (κ1) is 19.9. The third-order valence-corrected chi connectivity index (χ3v) is 7.47. The molecule has 0 saturated carbocycles. The van der Waals surface area contributed by atoms with Crippen LogP contribution >= 0.6 is 15.9 Å². The van der Waals surface area contributed by atoms with Gasteiger partial charge in [0.15, 0.2) is 11.9 Å². The van der Waals surface area contributed by atoms with Gasteiger partial charge in [0.05, 0.1) is 0 Å². The van der Waals surface area contributed by atoms with Gasteiger partial charge in [-0.25, -0.2) is 9.78 Å². The average Bonchev–Trinajstić information content (AvgIpc) is 2.51. The molecule has 0 aromatic heterocycles. The molecule has 4 fully saturated rings. The first-order valence-electron chi connectivity index (χ1n) is 8.89. The molecule has 0 radical (unpaired) electrons. The fourth-order valence-electron chi connectivity index (χ4n) is 4.32. The predicted octanol–water partition coefficient (Wildman–Crippen LogP) is 5.30. The molecule has 4 rings (SSSR count). The molecular weight excluding hydrogens is 405 g/mol. The van der Waals surface area contributed by atoms with Crippen LogP contribution < -0.4 is 0 Å². The molecule has 0 spiro atoms. The van der Waals surface area contributed by atoms with E-state index in [0.29, 0.717) is 18.8 Å². The second-order valence-electron chi connectivity index (χ2n) is 8.16. The van der Waals surface area contributed by atoms with Crippen molar-refractivity contribution in [1.29, 1.82) is 0 Å². The minimum Gasteiger partial charge on any atom is -0.322 e. The zero-order valence-corrected chi connectivity index (χ0v) is 16.6. The first-order valence-corrected chi connectivity index (χ1v) is 9.69. The average molecular weight is 431 g/mol. The summed E-state index contributed by atoms with van der Waals surface area (Å²) in [6, 6.07) is 0. The lowest BCUT2D eigenvalue weighted by Gasteiger charge is -2.58. The Morgan fingerprint density at radius 3 is 2.32 bits per heavy atom. The van der Waals surface area contributed by atoms with Crippen molar-refractivity contribution >= 4 is 15.9 Å². The Kier molecular flexibility index (Phi) is 5.03. The van der Waals surface area contributed by atoms with E-state index in [9.17, 15) is 13.2 Å². The highest BCUT2D eigenvalue weighted by atomic mass is 79.9. The Labute approximate surface area is 154 Å². The zero-order chi connectivity index (χ0) is 18.7. The van der Waals surface area contributed by atoms with Gasteiger partial charge in [0, 0.05) is 18.3 Å². The van der Waals surface area contributed by atoms with Crippen molar-refractivity contribution in [3.63, 3.8) is 0 Å². The molecule has 0 amide bonds. The number of ether oxygens (including phenoxy) is 2. The Morgan fingerprint density at radius 2 is 1.68 bits per heavy atom. The van der Waals surface area contributed by atoms with Gasteiger partial charge in [-0.15, -0.1) is 0 Å². The van der Waals surface area contributed by atoms with Gasteiger partial charge in [0.1, 0.15) is 0 Å². The van der Waals surface area contributed by atoms with Crippen LogP contribution in [0.25, 0.3) is 0 Å². The summed E-state index contributed by atoms with van der Waals surface area (Å²) in [4.78, 5) is 11.2. The summed E-state index contributed by atoms with van der Waals surface area (Å²) in [7, 11) is 0. The highest BCUT2D eigenvalue weighted by molar-refractivity contribution is 9.10. The lowest BCUT2D eigenvalue weighted by Crippen LogP contribution is -2.70. The number of halogens is 4. The van der Waals surface area contributed by atoms with Gasteiger partial charge in [-0.1, -0.05) is 26.7 Å². The second kappa shape index (κ2) is 6.33. The van der Waals surface area contributed by atoms with E-state index in [2.05, 4.69) is 22.9 Å². The summed E-state index contributed by atoms with van der Waals surface area (Å²) < 4.78 is 50.4. The molecule has 8 heteroatoms. The van der Waals surface area contributed by atoms with Gasteiger partial charge < -0.3 is 9.47 Å². The van der Waals surface area contributed by atoms with Crippen molar-refractivity contribution < 1.29 is 32.4 Å². The summed E-state index contributed by atoms with van der Waals surface area (Å²) in [5, 5.41) is 0. The van der Waals surface area contributed by atoms with Crippen molar-refractivity contribution in [2.75, 3.05) is 0 Å². The van der Waals surface area contributed by atoms with Gasteiger partial charge >= 0.3 is 6.18 Å². The Morgan fingerprint density at radius 1 is 1.00 bits per heavy atom. The van der Waals surface area contributed by atoms with Crippen LogP contribution in [0.2, 0.25) is 0 Å². The van der Waals surface area contributed by atoms with Crippen molar-refractivity contribution in [1.82, 2.24) is 0 Å². The summed E-state index contributed by atoms with van der Waals surface area (Å²) in [5.41, 5.74) is -1.09. The van der Waals surface area contributed by atoms with E-state index in [4.69, 9.17) is 19.2 Å². The lowest BCUT2D eigenvalue weighted by atomic mass is 9.71. The standard InChI is InChI=1S/C17H26BrF3O4/c1-10-6-5-9-14(3)22-13-15(4,25-24-14)12(8-7-10)11(2)16(18,23-13)17(19,20)21/h10-13H,5-9H2,1-4H3/t10-,11+,12-,13-,14-,15+,16+/m0/s1.